The van der Waals surface area contributed by atoms with E-state index in [9.17, 15) is 18.8 Å². The summed E-state index contributed by atoms with van der Waals surface area (Å²) in [7, 11) is 0. The van der Waals surface area contributed by atoms with Crippen LogP contribution in [0.2, 0.25) is 0 Å². The summed E-state index contributed by atoms with van der Waals surface area (Å²) in [5.41, 5.74) is 6.68. The molecule has 0 aromatic heterocycles. The van der Waals surface area contributed by atoms with Gasteiger partial charge >= 0.3 is 0 Å². The SMILES string of the molecule is Nc1ccc(F)cc1NC(=O)c1ccc2c(c1)C(=O)N(CC1CCCO1)C2=O. The number of nitrogen functional groups attached to an aromatic ring is 1. The number of nitrogens with one attached hydrogen (secondary N) is 1. The summed E-state index contributed by atoms with van der Waals surface area (Å²) in [5, 5.41) is 2.52. The number of rotatable bonds is 4. The van der Waals surface area contributed by atoms with Gasteiger partial charge in [0.15, 0.2) is 0 Å². The fourth-order valence-corrected chi connectivity index (χ4v) is 3.42. The number of carbonyl (C=O) groups is 3. The van der Waals surface area contributed by atoms with Crippen molar-refractivity contribution in [1.29, 1.82) is 0 Å². The van der Waals surface area contributed by atoms with Crippen LogP contribution in [0.1, 0.15) is 43.9 Å². The average Bonchev–Trinajstić information content (AvgIpc) is 3.27. The van der Waals surface area contributed by atoms with E-state index in [2.05, 4.69) is 5.32 Å². The maximum atomic E-state index is 13.4. The Hall–Kier alpha value is -3.26. The van der Waals surface area contributed by atoms with E-state index in [-0.39, 0.29) is 40.7 Å². The zero-order valence-corrected chi connectivity index (χ0v) is 14.9. The summed E-state index contributed by atoms with van der Waals surface area (Å²) in [5.74, 6) is -1.94. The lowest BCUT2D eigenvalue weighted by molar-refractivity contribution is 0.0475. The van der Waals surface area contributed by atoms with Gasteiger partial charge in [0.05, 0.1) is 35.2 Å². The Kier molecular flexibility index (Phi) is 4.56. The molecule has 144 valence electrons. The monoisotopic (exact) mass is 383 g/mol. The van der Waals surface area contributed by atoms with E-state index >= 15 is 0 Å². The smallest absolute Gasteiger partial charge is 0.261 e. The molecule has 2 aromatic carbocycles. The van der Waals surface area contributed by atoms with Gasteiger partial charge in [0.25, 0.3) is 17.7 Å². The Morgan fingerprint density at radius 1 is 1.18 bits per heavy atom. The van der Waals surface area contributed by atoms with E-state index in [1.807, 2.05) is 0 Å². The number of nitrogens with zero attached hydrogens (tertiary/aromatic N) is 1. The number of hydrogen-bond acceptors (Lipinski definition) is 5. The van der Waals surface area contributed by atoms with Crippen LogP contribution in [0, 0.1) is 5.82 Å². The molecule has 3 amide bonds. The van der Waals surface area contributed by atoms with Crippen molar-refractivity contribution in [3.63, 3.8) is 0 Å². The van der Waals surface area contributed by atoms with Gasteiger partial charge in [-0.2, -0.15) is 0 Å². The molecule has 2 heterocycles. The number of benzene rings is 2. The van der Waals surface area contributed by atoms with Gasteiger partial charge in [-0.25, -0.2) is 4.39 Å². The van der Waals surface area contributed by atoms with Gasteiger partial charge in [0.1, 0.15) is 5.82 Å². The Bertz CT molecular complexity index is 985. The van der Waals surface area contributed by atoms with Gasteiger partial charge in [0.2, 0.25) is 0 Å². The van der Waals surface area contributed by atoms with Gasteiger partial charge in [-0.3, -0.25) is 19.3 Å². The van der Waals surface area contributed by atoms with Crippen molar-refractivity contribution in [3.8, 4) is 0 Å². The highest BCUT2D eigenvalue weighted by Gasteiger charge is 2.37. The van der Waals surface area contributed by atoms with Gasteiger partial charge in [-0.15, -0.1) is 0 Å². The molecule has 1 saturated heterocycles. The van der Waals surface area contributed by atoms with Crippen molar-refractivity contribution in [2.24, 2.45) is 0 Å². The van der Waals surface area contributed by atoms with Crippen LogP contribution in [0.15, 0.2) is 36.4 Å². The van der Waals surface area contributed by atoms with Crippen LogP contribution in [0.3, 0.4) is 0 Å². The topological polar surface area (TPSA) is 102 Å². The number of fused-ring (bicyclic) bond motifs is 1. The van der Waals surface area contributed by atoms with E-state index in [1.54, 1.807) is 0 Å². The third-order valence-electron chi connectivity index (χ3n) is 4.91. The van der Waals surface area contributed by atoms with Gasteiger partial charge in [-0.1, -0.05) is 0 Å². The number of nitrogens with two attached hydrogens (primary N) is 1. The Labute approximate surface area is 160 Å². The summed E-state index contributed by atoms with van der Waals surface area (Å²) in [6.07, 6.45) is 1.55. The van der Waals surface area contributed by atoms with Crippen LogP contribution in [0.4, 0.5) is 15.8 Å². The average molecular weight is 383 g/mol. The molecule has 1 unspecified atom stereocenters. The first-order valence-electron chi connectivity index (χ1n) is 8.92. The number of hydrogen-bond donors (Lipinski definition) is 2. The first kappa shape index (κ1) is 18.1. The van der Waals surface area contributed by atoms with Crippen LogP contribution < -0.4 is 11.1 Å². The van der Waals surface area contributed by atoms with Crippen molar-refractivity contribution in [1.82, 2.24) is 4.90 Å². The fraction of sp³-hybridized carbons (Fsp3) is 0.250. The quantitative estimate of drug-likeness (QED) is 0.624. The highest BCUT2D eigenvalue weighted by Crippen LogP contribution is 2.27. The predicted molar refractivity (Wildman–Crippen MR) is 99.5 cm³/mol. The Morgan fingerprint density at radius 2 is 1.96 bits per heavy atom. The van der Waals surface area contributed by atoms with Crippen LogP contribution >= 0.6 is 0 Å². The zero-order chi connectivity index (χ0) is 19.8. The number of anilines is 2. The van der Waals surface area contributed by atoms with E-state index < -0.39 is 23.5 Å². The van der Waals surface area contributed by atoms with E-state index in [0.717, 1.165) is 23.8 Å². The van der Waals surface area contributed by atoms with E-state index in [0.29, 0.717) is 6.61 Å². The molecular formula is C20H18FN3O4. The molecule has 28 heavy (non-hydrogen) atoms. The Balaban J connectivity index is 1.55. The lowest BCUT2D eigenvalue weighted by Gasteiger charge is -2.17. The predicted octanol–water partition coefficient (Wildman–Crippen LogP) is 2.44. The van der Waals surface area contributed by atoms with Crippen LogP contribution in [-0.2, 0) is 4.74 Å². The molecule has 4 rings (SSSR count). The molecule has 0 bridgehead atoms. The molecule has 0 saturated carbocycles. The second-order valence-electron chi connectivity index (χ2n) is 6.80. The third kappa shape index (κ3) is 3.22. The van der Waals surface area contributed by atoms with Crippen molar-refractivity contribution in [2.45, 2.75) is 18.9 Å². The highest BCUT2D eigenvalue weighted by atomic mass is 19.1. The minimum Gasteiger partial charge on any atom is -0.397 e. The maximum Gasteiger partial charge on any atom is 0.261 e. The molecule has 0 aliphatic carbocycles. The Morgan fingerprint density at radius 3 is 2.71 bits per heavy atom. The number of ether oxygens (including phenoxy) is 1. The van der Waals surface area contributed by atoms with Gasteiger partial charge in [0, 0.05) is 12.2 Å². The van der Waals surface area contributed by atoms with Crippen LogP contribution in [-0.4, -0.2) is 41.9 Å². The third-order valence-corrected chi connectivity index (χ3v) is 4.91. The standard InChI is InChI=1S/C20H18FN3O4/c21-12-4-6-16(22)17(9-12)23-18(25)11-3-5-14-15(8-11)20(27)24(19(14)26)10-13-2-1-7-28-13/h3-6,8-9,13H,1-2,7,10,22H2,(H,23,25). The van der Waals surface area contributed by atoms with Crippen molar-refractivity contribution < 1.29 is 23.5 Å². The molecule has 0 radical (unpaired) electrons. The first-order valence-corrected chi connectivity index (χ1v) is 8.92. The minimum atomic E-state index is -0.557. The van der Waals surface area contributed by atoms with E-state index in [1.165, 1.54) is 30.3 Å². The molecule has 0 spiro atoms. The molecule has 1 fully saturated rings. The fourth-order valence-electron chi connectivity index (χ4n) is 3.42. The molecule has 2 aliphatic rings. The summed E-state index contributed by atoms with van der Waals surface area (Å²) in [4.78, 5) is 38.9. The molecule has 1 atom stereocenters. The van der Waals surface area contributed by atoms with Crippen LogP contribution in [0.25, 0.3) is 0 Å². The zero-order valence-electron chi connectivity index (χ0n) is 14.9. The number of halogens is 1. The van der Waals surface area contributed by atoms with Crippen LogP contribution in [0.5, 0.6) is 0 Å². The van der Waals surface area contributed by atoms with Gasteiger partial charge < -0.3 is 15.8 Å². The van der Waals surface area contributed by atoms with Crippen molar-refractivity contribution >= 4 is 29.1 Å². The van der Waals surface area contributed by atoms with Crippen molar-refractivity contribution in [2.75, 3.05) is 24.2 Å². The lowest BCUT2D eigenvalue weighted by Crippen LogP contribution is -2.36. The van der Waals surface area contributed by atoms with E-state index in [4.69, 9.17) is 10.5 Å². The second-order valence-corrected chi connectivity index (χ2v) is 6.80. The maximum absolute atomic E-state index is 13.4. The van der Waals surface area contributed by atoms with Gasteiger partial charge in [-0.05, 0) is 49.2 Å². The number of imide groups is 1. The number of amides is 3. The first-order chi connectivity index (χ1) is 13.4. The normalized spacial score (nSPS) is 18.5. The minimum absolute atomic E-state index is 0.132. The molecule has 2 aliphatic heterocycles. The molecule has 3 N–H and O–H groups in total. The second kappa shape index (κ2) is 7.05. The molecule has 7 nitrogen and oxygen atoms in total. The molecule has 8 heteroatoms. The van der Waals surface area contributed by atoms with Crippen molar-refractivity contribution in [3.05, 3.63) is 58.9 Å². The molecular weight excluding hydrogens is 365 g/mol. The summed E-state index contributed by atoms with van der Waals surface area (Å²) in [6, 6.07) is 7.92. The highest BCUT2D eigenvalue weighted by molar-refractivity contribution is 6.22. The lowest BCUT2D eigenvalue weighted by atomic mass is 10.1. The molecule has 2 aromatic rings. The summed E-state index contributed by atoms with van der Waals surface area (Å²) < 4.78 is 18.9. The number of carbonyl (C=O) groups excluding carboxylic acids is 3. The summed E-state index contributed by atoms with van der Waals surface area (Å²) in [6.45, 7) is 0.828. The summed E-state index contributed by atoms with van der Waals surface area (Å²) >= 11 is 0. The largest absolute Gasteiger partial charge is 0.397 e.